The molecule has 0 spiro atoms. The molecule has 0 amide bonds. The van der Waals surface area contributed by atoms with Crippen LogP contribution in [0.5, 0.6) is 11.5 Å². The van der Waals surface area contributed by atoms with Crippen LogP contribution in [0.3, 0.4) is 0 Å². The van der Waals surface area contributed by atoms with Gasteiger partial charge in [-0.05, 0) is 24.3 Å². The predicted octanol–water partition coefficient (Wildman–Crippen LogP) is 5.54. The van der Waals surface area contributed by atoms with Crippen molar-refractivity contribution in [1.29, 1.82) is 0 Å². The molecule has 0 radical (unpaired) electrons. The van der Waals surface area contributed by atoms with Gasteiger partial charge in [-0.1, -0.05) is 6.08 Å². The highest BCUT2D eigenvalue weighted by Gasteiger charge is 2.34. The van der Waals surface area contributed by atoms with Crippen molar-refractivity contribution < 1.29 is 54.5 Å². The van der Waals surface area contributed by atoms with E-state index in [4.69, 9.17) is 4.74 Å². The van der Waals surface area contributed by atoms with E-state index in [0.29, 0.717) is 12.1 Å². The molecule has 36 heavy (non-hydrogen) atoms. The second kappa shape index (κ2) is 10.1. The predicted molar refractivity (Wildman–Crippen MR) is 110 cm³/mol. The van der Waals surface area contributed by atoms with Crippen molar-refractivity contribution in [2.24, 2.45) is 0 Å². The Morgan fingerprint density at radius 3 is 1.94 bits per heavy atom. The fraction of sp³-hybridized carbons (Fsp3) is 0.130. The number of carbonyl (C=O) groups is 2. The summed E-state index contributed by atoms with van der Waals surface area (Å²) in [7, 11) is 1.96. The highest BCUT2D eigenvalue weighted by atomic mass is 19.4. The van der Waals surface area contributed by atoms with Gasteiger partial charge in [0, 0.05) is 18.3 Å². The quantitative estimate of drug-likeness (QED) is 0.383. The summed E-state index contributed by atoms with van der Waals surface area (Å²) in [5, 5.41) is 0. The molecule has 0 aromatic heterocycles. The Balaban J connectivity index is 2.24. The second-order valence-electron chi connectivity index (χ2n) is 6.92. The maximum absolute atomic E-state index is 14.4. The standard InChI is InChI=1S/C23H14F7NO5/c1-34-21(32)12-5-3-4-6-31(19(12)22(33)35-2)17-9-13(24)14(25)10-18(17)36-20-15(26)7-11(8-16(20)27)23(28,29)30/h3-10H,1-2H3. The summed E-state index contributed by atoms with van der Waals surface area (Å²) in [5.74, 6) is -11.1. The molecule has 1 aliphatic heterocycles. The lowest BCUT2D eigenvalue weighted by atomic mass is 10.1. The number of methoxy groups -OCH3 is 2. The molecule has 6 nitrogen and oxygen atoms in total. The number of hydrogen-bond acceptors (Lipinski definition) is 6. The van der Waals surface area contributed by atoms with Crippen LogP contribution in [0.1, 0.15) is 5.56 Å². The van der Waals surface area contributed by atoms with E-state index in [1.807, 2.05) is 0 Å². The van der Waals surface area contributed by atoms with Crippen LogP contribution in [0.4, 0.5) is 36.4 Å². The Morgan fingerprint density at radius 2 is 1.39 bits per heavy atom. The third-order valence-corrected chi connectivity index (χ3v) is 4.69. The fourth-order valence-electron chi connectivity index (χ4n) is 3.07. The van der Waals surface area contributed by atoms with Crippen LogP contribution >= 0.6 is 0 Å². The van der Waals surface area contributed by atoms with Gasteiger partial charge in [0.2, 0.25) is 0 Å². The van der Waals surface area contributed by atoms with Crippen molar-refractivity contribution in [2.75, 3.05) is 19.1 Å². The van der Waals surface area contributed by atoms with Crippen LogP contribution < -0.4 is 9.64 Å². The van der Waals surface area contributed by atoms with Crippen LogP contribution in [0, 0.1) is 23.3 Å². The Hall–Kier alpha value is -4.29. The zero-order valence-corrected chi connectivity index (χ0v) is 18.3. The molecule has 0 saturated heterocycles. The van der Waals surface area contributed by atoms with Crippen molar-refractivity contribution in [3.05, 3.63) is 88.8 Å². The molecule has 0 fully saturated rings. The molecule has 190 valence electrons. The molecule has 0 aliphatic carbocycles. The molecular weight excluding hydrogens is 503 g/mol. The molecule has 0 N–H and O–H groups in total. The van der Waals surface area contributed by atoms with E-state index in [1.165, 1.54) is 12.2 Å². The first-order valence-corrected chi connectivity index (χ1v) is 9.67. The highest BCUT2D eigenvalue weighted by molar-refractivity contribution is 6.05. The zero-order chi connectivity index (χ0) is 26.8. The number of nitrogens with zero attached hydrogens (tertiary/aromatic N) is 1. The third kappa shape index (κ3) is 5.19. The van der Waals surface area contributed by atoms with E-state index >= 15 is 0 Å². The maximum Gasteiger partial charge on any atom is 0.416 e. The number of anilines is 1. The highest BCUT2D eigenvalue weighted by Crippen LogP contribution is 2.41. The van der Waals surface area contributed by atoms with Gasteiger partial charge in [-0.25, -0.2) is 27.2 Å². The first kappa shape index (κ1) is 26.3. The lowest BCUT2D eigenvalue weighted by Crippen LogP contribution is -2.27. The number of alkyl halides is 3. The van der Waals surface area contributed by atoms with E-state index in [-0.39, 0.29) is 12.1 Å². The molecule has 1 heterocycles. The van der Waals surface area contributed by atoms with Gasteiger partial charge in [-0.15, -0.1) is 0 Å². The minimum absolute atomic E-state index is 0.0527. The van der Waals surface area contributed by atoms with Crippen molar-refractivity contribution >= 4 is 17.6 Å². The number of esters is 2. The number of allylic oxidation sites excluding steroid dienone is 2. The summed E-state index contributed by atoms with van der Waals surface area (Å²) >= 11 is 0. The van der Waals surface area contributed by atoms with Crippen LogP contribution in [0.25, 0.3) is 0 Å². The van der Waals surface area contributed by atoms with Crippen LogP contribution in [0.15, 0.2) is 60.0 Å². The number of benzene rings is 2. The van der Waals surface area contributed by atoms with Gasteiger partial charge < -0.3 is 19.1 Å². The Bertz CT molecular complexity index is 1290. The van der Waals surface area contributed by atoms with Gasteiger partial charge in [0.1, 0.15) is 5.70 Å². The number of carbonyl (C=O) groups excluding carboxylic acids is 2. The summed E-state index contributed by atoms with van der Waals surface area (Å²) in [5.41, 5.74) is -3.22. The monoisotopic (exact) mass is 517 g/mol. The average molecular weight is 517 g/mol. The maximum atomic E-state index is 14.4. The Kier molecular flexibility index (Phi) is 7.41. The minimum atomic E-state index is -5.08. The Labute approximate surface area is 198 Å². The van der Waals surface area contributed by atoms with Crippen LogP contribution in [-0.4, -0.2) is 26.2 Å². The molecule has 2 aromatic carbocycles. The first-order chi connectivity index (χ1) is 16.9. The molecular formula is C23H14F7NO5. The normalized spacial score (nSPS) is 13.5. The van der Waals surface area contributed by atoms with Gasteiger partial charge in [0.25, 0.3) is 0 Å². The summed E-state index contributed by atoms with van der Waals surface area (Å²) < 4.78 is 110. The van der Waals surface area contributed by atoms with Gasteiger partial charge in [-0.2, -0.15) is 13.2 Å². The van der Waals surface area contributed by atoms with Gasteiger partial charge in [0.05, 0.1) is 31.0 Å². The molecule has 3 rings (SSSR count). The van der Waals surface area contributed by atoms with Gasteiger partial charge in [0.15, 0.2) is 34.8 Å². The molecule has 0 unspecified atom stereocenters. The summed E-state index contributed by atoms with van der Waals surface area (Å²) in [4.78, 5) is 25.6. The van der Waals surface area contributed by atoms with Gasteiger partial charge in [-0.3, -0.25) is 0 Å². The average Bonchev–Trinajstić information content (AvgIpc) is 3.04. The van der Waals surface area contributed by atoms with E-state index in [2.05, 4.69) is 9.47 Å². The van der Waals surface area contributed by atoms with Crippen LogP contribution in [-0.2, 0) is 25.2 Å². The van der Waals surface area contributed by atoms with Gasteiger partial charge >= 0.3 is 18.1 Å². The lowest BCUT2D eigenvalue weighted by Gasteiger charge is -2.25. The summed E-state index contributed by atoms with van der Waals surface area (Å²) in [6.45, 7) is 0. The van der Waals surface area contributed by atoms with Crippen molar-refractivity contribution in [2.45, 2.75) is 6.18 Å². The molecule has 0 bridgehead atoms. The molecule has 1 aliphatic rings. The number of ether oxygens (including phenoxy) is 3. The van der Waals surface area contributed by atoms with E-state index < -0.39 is 75.4 Å². The van der Waals surface area contributed by atoms with Crippen molar-refractivity contribution in [3.63, 3.8) is 0 Å². The number of rotatable bonds is 5. The molecule has 0 saturated carbocycles. The van der Waals surface area contributed by atoms with E-state index in [0.717, 1.165) is 31.4 Å². The SMILES string of the molecule is COC(=O)C1=C(C(=O)OC)N(c2cc(F)c(F)cc2Oc2c(F)cc(C(F)(F)F)cc2F)C=CC=C1. The van der Waals surface area contributed by atoms with Crippen LogP contribution in [0.2, 0.25) is 0 Å². The van der Waals surface area contributed by atoms with Crippen molar-refractivity contribution in [1.82, 2.24) is 0 Å². The minimum Gasteiger partial charge on any atom is -0.465 e. The third-order valence-electron chi connectivity index (χ3n) is 4.69. The topological polar surface area (TPSA) is 65.1 Å². The molecule has 0 atom stereocenters. The molecule has 2 aromatic rings. The smallest absolute Gasteiger partial charge is 0.416 e. The first-order valence-electron chi connectivity index (χ1n) is 9.67. The van der Waals surface area contributed by atoms with E-state index in [9.17, 15) is 40.3 Å². The Morgan fingerprint density at radius 1 is 0.806 bits per heavy atom. The second-order valence-corrected chi connectivity index (χ2v) is 6.92. The lowest BCUT2D eigenvalue weighted by molar-refractivity contribution is -0.139. The largest absolute Gasteiger partial charge is 0.465 e. The number of hydrogen-bond donors (Lipinski definition) is 0. The molecule has 13 heteroatoms. The number of halogens is 7. The zero-order valence-electron chi connectivity index (χ0n) is 18.3. The summed E-state index contributed by atoms with van der Waals surface area (Å²) in [6.07, 6.45) is -0.322. The fourth-order valence-corrected chi connectivity index (χ4v) is 3.07. The van der Waals surface area contributed by atoms with Crippen molar-refractivity contribution in [3.8, 4) is 11.5 Å². The summed E-state index contributed by atoms with van der Waals surface area (Å²) in [6, 6.07) is 0.712. The van der Waals surface area contributed by atoms with E-state index in [1.54, 1.807) is 0 Å².